The van der Waals surface area contributed by atoms with Crippen molar-refractivity contribution in [3.8, 4) is 0 Å². The molecule has 0 fully saturated rings. The van der Waals surface area contributed by atoms with Crippen molar-refractivity contribution in [2.75, 3.05) is 27.2 Å². The van der Waals surface area contributed by atoms with E-state index in [0.717, 1.165) is 27.8 Å². The molecule has 0 bridgehead atoms. The van der Waals surface area contributed by atoms with Gasteiger partial charge >= 0.3 is 0 Å². The lowest BCUT2D eigenvalue weighted by atomic mass is 10.1. The minimum Gasteiger partial charge on any atom is -0.332 e. The van der Waals surface area contributed by atoms with E-state index >= 15 is 0 Å². The van der Waals surface area contributed by atoms with Gasteiger partial charge in [0.25, 0.3) is 5.91 Å². The number of amides is 1. The first-order valence-corrected chi connectivity index (χ1v) is 9.29. The SMILES string of the molecule is Cc1c(C(=O)N(CCN(C)C)Cc2cccnc2)sc2ccc(F)cc12. The number of aromatic nitrogens is 1. The Bertz CT molecular complexity index is 908. The van der Waals surface area contributed by atoms with Crippen molar-refractivity contribution in [3.05, 3.63) is 64.5 Å². The smallest absolute Gasteiger partial charge is 0.264 e. The van der Waals surface area contributed by atoms with E-state index in [1.807, 2.05) is 38.1 Å². The van der Waals surface area contributed by atoms with Crippen LogP contribution in [-0.4, -0.2) is 47.9 Å². The average molecular weight is 371 g/mol. The van der Waals surface area contributed by atoms with Gasteiger partial charge in [-0.15, -0.1) is 11.3 Å². The molecular formula is C20H22FN3OS. The third-order valence-electron chi connectivity index (χ3n) is 4.29. The van der Waals surface area contributed by atoms with E-state index in [1.54, 1.807) is 18.5 Å². The van der Waals surface area contributed by atoms with E-state index < -0.39 is 0 Å². The molecule has 0 spiro atoms. The second-order valence-corrected chi connectivity index (χ2v) is 7.64. The number of carbonyl (C=O) groups excluding carboxylic acids is 1. The van der Waals surface area contributed by atoms with E-state index in [0.29, 0.717) is 18.0 Å². The Morgan fingerprint density at radius 3 is 2.73 bits per heavy atom. The van der Waals surface area contributed by atoms with Gasteiger partial charge in [-0.25, -0.2) is 4.39 Å². The number of benzene rings is 1. The van der Waals surface area contributed by atoms with Crippen LogP contribution in [0.25, 0.3) is 10.1 Å². The summed E-state index contributed by atoms with van der Waals surface area (Å²) in [6.07, 6.45) is 3.50. The van der Waals surface area contributed by atoms with E-state index in [4.69, 9.17) is 0 Å². The van der Waals surface area contributed by atoms with Gasteiger partial charge in [-0.05, 0) is 61.8 Å². The monoisotopic (exact) mass is 371 g/mol. The predicted molar refractivity (Wildman–Crippen MR) is 104 cm³/mol. The zero-order chi connectivity index (χ0) is 18.7. The van der Waals surface area contributed by atoms with Crippen LogP contribution in [0.2, 0.25) is 0 Å². The molecule has 0 saturated carbocycles. The van der Waals surface area contributed by atoms with Crippen LogP contribution in [0.3, 0.4) is 0 Å². The summed E-state index contributed by atoms with van der Waals surface area (Å²) in [5.41, 5.74) is 1.83. The molecule has 3 rings (SSSR count). The summed E-state index contributed by atoms with van der Waals surface area (Å²) in [7, 11) is 3.97. The average Bonchev–Trinajstić information content (AvgIpc) is 2.95. The van der Waals surface area contributed by atoms with Crippen molar-refractivity contribution in [1.29, 1.82) is 0 Å². The van der Waals surface area contributed by atoms with Crippen molar-refractivity contribution in [1.82, 2.24) is 14.8 Å². The summed E-state index contributed by atoms with van der Waals surface area (Å²) >= 11 is 1.43. The molecule has 2 aromatic heterocycles. The van der Waals surface area contributed by atoms with Crippen LogP contribution in [0.15, 0.2) is 42.7 Å². The van der Waals surface area contributed by atoms with Crippen LogP contribution in [0, 0.1) is 12.7 Å². The molecule has 6 heteroatoms. The number of thiophene rings is 1. The Morgan fingerprint density at radius 2 is 2.04 bits per heavy atom. The number of nitrogens with zero attached hydrogens (tertiary/aromatic N) is 3. The van der Waals surface area contributed by atoms with Gasteiger partial charge in [0.1, 0.15) is 5.82 Å². The van der Waals surface area contributed by atoms with Crippen LogP contribution >= 0.6 is 11.3 Å². The van der Waals surface area contributed by atoms with Crippen LogP contribution in [0.1, 0.15) is 20.8 Å². The quantitative estimate of drug-likeness (QED) is 0.658. The highest BCUT2D eigenvalue weighted by molar-refractivity contribution is 7.21. The Kier molecular flexibility index (Phi) is 5.64. The minimum atomic E-state index is -0.280. The third kappa shape index (κ3) is 4.08. The highest BCUT2D eigenvalue weighted by Gasteiger charge is 2.22. The molecule has 0 aliphatic heterocycles. The van der Waals surface area contributed by atoms with Crippen molar-refractivity contribution in [2.45, 2.75) is 13.5 Å². The first-order valence-electron chi connectivity index (χ1n) is 8.47. The molecule has 0 saturated heterocycles. The Hall–Kier alpha value is -2.31. The maximum atomic E-state index is 13.6. The molecule has 136 valence electrons. The van der Waals surface area contributed by atoms with Crippen molar-refractivity contribution >= 4 is 27.3 Å². The van der Waals surface area contributed by atoms with Crippen LogP contribution in [-0.2, 0) is 6.54 Å². The van der Waals surface area contributed by atoms with Crippen molar-refractivity contribution < 1.29 is 9.18 Å². The number of hydrogen-bond donors (Lipinski definition) is 0. The molecule has 1 aromatic carbocycles. The maximum Gasteiger partial charge on any atom is 0.264 e. The topological polar surface area (TPSA) is 36.4 Å². The Labute approximate surface area is 156 Å². The van der Waals surface area contributed by atoms with Gasteiger partial charge in [0.2, 0.25) is 0 Å². The normalized spacial score (nSPS) is 11.3. The number of fused-ring (bicyclic) bond motifs is 1. The summed E-state index contributed by atoms with van der Waals surface area (Å²) in [6, 6.07) is 8.52. The molecule has 0 aliphatic carbocycles. The zero-order valence-electron chi connectivity index (χ0n) is 15.2. The molecule has 0 radical (unpaired) electrons. The first-order chi connectivity index (χ1) is 12.5. The third-order valence-corrected chi connectivity index (χ3v) is 5.55. The zero-order valence-corrected chi connectivity index (χ0v) is 16.0. The number of halogens is 1. The van der Waals surface area contributed by atoms with Gasteiger partial charge in [0, 0.05) is 36.7 Å². The lowest BCUT2D eigenvalue weighted by Gasteiger charge is -2.24. The van der Waals surface area contributed by atoms with Crippen molar-refractivity contribution in [2.24, 2.45) is 0 Å². The molecule has 1 amide bonds. The van der Waals surface area contributed by atoms with Gasteiger partial charge in [-0.2, -0.15) is 0 Å². The summed E-state index contributed by atoms with van der Waals surface area (Å²) < 4.78 is 14.5. The van der Waals surface area contributed by atoms with Gasteiger partial charge in [-0.3, -0.25) is 9.78 Å². The lowest BCUT2D eigenvalue weighted by Crippen LogP contribution is -2.36. The molecule has 0 aliphatic rings. The van der Waals surface area contributed by atoms with E-state index in [1.165, 1.54) is 23.5 Å². The maximum absolute atomic E-state index is 13.6. The van der Waals surface area contributed by atoms with Crippen LogP contribution in [0.4, 0.5) is 4.39 Å². The largest absolute Gasteiger partial charge is 0.332 e. The fraction of sp³-hybridized carbons (Fsp3) is 0.300. The number of pyridine rings is 1. The Morgan fingerprint density at radius 1 is 1.23 bits per heavy atom. The highest BCUT2D eigenvalue weighted by Crippen LogP contribution is 2.32. The molecule has 4 nitrogen and oxygen atoms in total. The number of carbonyl (C=O) groups is 1. The van der Waals surface area contributed by atoms with Crippen LogP contribution < -0.4 is 0 Å². The van der Waals surface area contributed by atoms with E-state index in [-0.39, 0.29) is 11.7 Å². The second-order valence-electron chi connectivity index (χ2n) is 6.59. The fourth-order valence-electron chi connectivity index (χ4n) is 2.83. The molecule has 0 unspecified atom stereocenters. The number of rotatable bonds is 6. The summed E-state index contributed by atoms with van der Waals surface area (Å²) in [4.78, 5) is 21.9. The molecule has 3 aromatic rings. The molecule has 2 heterocycles. The number of aryl methyl sites for hydroxylation is 1. The number of likely N-dealkylation sites (N-methyl/N-ethyl adjacent to an activating group) is 1. The van der Waals surface area contributed by atoms with Gasteiger partial charge < -0.3 is 9.80 Å². The summed E-state index contributed by atoms with van der Waals surface area (Å²) in [5, 5.41) is 0.812. The standard InChI is InChI=1S/C20H22FN3OS/c1-14-17-11-16(21)6-7-18(17)26-19(14)20(25)24(10-9-23(2)3)13-15-5-4-8-22-12-15/h4-8,11-12H,9-10,13H2,1-3H3. The van der Waals surface area contributed by atoms with E-state index in [2.05, 4.69) is 9.88 Å². The predicted octanol–water partition coefficient (Wildman–Crippen LogP) is 3.95. The first kappa shape index (κ1) is 18.5. The second kappa shape index (κ2) is 7.93. The summed E-state index contributed by atoms with van der Waals surface area (Å²) in [6.45, 7) is 3.77. The molecular weight excluding hydrogens is 349 g/mol. The summed E-state index contributed by atoms with van der Waals surface area (Å²) in [5.74, 6) is -0.299. The van der Waals surface area contributed by atoms with Crippen LogP contribution in [0.5, 0.6) is 0 Å². The van der Waals surface area contributed by atoms with E-state index in [9.17, 15) is 9.18 Å². The minimum absolute atomic E-state index is 0.0187. The molecule has 0 N–H and O–H groups in total. The highest BCUT2D eigenvalue weighted by atomic mass is 32.1. The molecule has 0 atom stereocenters. The Balaban J connectivity index is 1.92. The van der Waals surface area contributed by atoms with Gasteiger partial charge in [0.05, 0.1) is 4.88 Å². The number of hydrogen-bond acceptors (Lipinski definition) is 4. The molecule has 26 heavy (non-hydrogen) atoms. The fourth-order valence-corrected chi connectivity index (χ4v) is 3.98. The lowest BCUT2D eigenvalue weighted by molar-refractivity contribution is 0.0736. The van der Waals surface area contributed by atoms with Crippen molar-refractivity contribution in [3.63, 3.8) is 0 Å². The van der Waals surface area contributed by atoms with Gasteiger partial charge in [0.15, 0.2) is 0 Å². The van der Waals surface area contributed by atoms with Gasteiger partial charge in [-0.1, -0.05) is 6.07 Å².